The van der Waals surface area contributed by atoms with Crippen LogP contribution in [-0.4, -0.2) is 4.57 Å². The van der Waals surface area contributed by atoms with Gasteiger partial charge in [0.2, 0.25) is 0 Å². The zero-order valence-electron chi connectivity index (χ0n) is 43.0. The van der Waals surface area contributed by atoms with Gasteiger partial charge in [0, 0.05) is 32.8 Å². The van der Waals surface area contributed by atoms with Crippen LogP contribution in [0.3, 0.4) is 0 Å². The summed E-state index contributed by atoms with van der Waals surface area (Å²) >= 11 is 0. The first kappa shape index (κ1) is 45.2. The van der Waals surface area contributed by atoms with Gasteiger partial charge in [-0.2, -0.15) is 0 Å². The molecule has 12 aromatic carbocycles. The van der Waals surface area contributed by atoms with Crippen LogP contribution in [-0.2, 0) is 10.8 Å². The molecule has 0 unspecified atom stereocenters. The van der Waals surface area contributed by atoms with Crippen molar-refractivity contribution >= 4 is 71.2 Å². The van der Waals surface area contributed by atoms with Crippen molar-refractivity contribution in [2.45, 2.75) is 52.4 Å². The second kappa shape index (κ2) is 17.5. The largest absolute Gasteiger partial charge is 0.309 e. The zero-order valence-corrected chi connectivity index (χ0v) is 43.0. The van der Waals surface area contributed by atoms with E-state index in [0.717, 1.165) is 22.6 Å². The van der Waals surface area contributed by atoms with Crippen LogP contribution in [0.25, 0.3) is 104 Å². The first-order chi connectivity index (χ1) is 36.0. The van der Waals surface area contributed by atoms with Gasteiger partial charge in [0.05, 0.1) is 28.1 Å². The number of fused-ring (bicyclic) bond motifs is 3. The molecular weight excluding hydrogens is 893 g/mol. The molecule has 0 N–H and O–H groups in total. The third kappa shape index (κ3) is 7.55. The van der Waals surface area contributed by atoms with Gasteiger partial charge < -0.3 is 9.47 Å². The summed E-state index contributed by atoms with van der Waals surface area (Å²) in [7, 11) is 0. The van der Waals surface area contributed by atoms with Gasteiger partial charge in [-0.15, -0.1) is 0 Å². The van der Waals surface area contributed by atoms with E-state index in [4.69, 9.17) is 0 Å². The van der Waals surface area contributed by atoms with E-state index < -0.39 is 0 Å². The Morgan fingerprint density at radius 3 is 1.30 bits per heavy atom. The first-order valence-electron chi connectivity index (χ1n) is 26.1. The van der Waals surface area contributed by atoms with Crippen LogP contribution in [0.4, 0.5) is 17.1 Å². The molecule has 13 aromatic rings. The van der Waals surface area contributed by atoms with Gasteiger partial charge in [0.1, 0.15) is 0 Å². The van der Waals surface area contributed by atoms with Gasteiger partial charge >= 0.3 is 0 Å². The molecule has 0 fully saturated rings. The highest BCUT2D eigenvalue weighted by Gasteiger charge is 2.25. The van der Waals surface area contributed by atoms with Crippen molar-refractivity contribution < 1.29 is 0 Å². The van der Waals surface area contributed by atoms with Gasteiger partial charge in [-0.1, -0.05) is 230 Å². The van der Waals surface area contributed by atoms with E-state index >= 15 is 0 Å². The predicted molar refractivity (Wildman–Crippen MR) is 318 cm³/mol. The molecule has 1 heterocycles. The summed E-state index contributed by atoms with van der Waals surface area (Å²) < 4.78 is 2.53. The maximum absolute atomic E-state index is 2.53. The Morgan fingerprint density at radius 1 is 0.311 bits per heavy atom. The molecule has 0 aliphatic heterocycles. The number of anilines is 3. The lowest BCUT2D eigenvalue weighted by Crippen LogP contribution is -2.12. The van der Waals surface area contributed by atoms with Crippen LogP contribution in [0.1, 0.15) is 52.7 Å². The molecular formula is C72H58N2. The van der Waals surface area contributed by atoms with Gasteiger partial charge in [-0.3, -0.25) is 0 Å². The van der Waals surface area contributed by atoms with Crippen molar-refractivity contribution in [3.05, 3.63) is 254 Å². The lowest BCUT2D eigenvalue weighted by Gasteiger charge is -2.30. The van der Waals surface area contributed by atoms with E-state index in [1.807, 2.05) is 0 Å². The summed E-state index contributed by atoms with van der Waals surface area (Å²) in [5.74, 6) is 0. The molecule has 0 aliphatic rings. The van der Waals surface area contributed by atoms with E-state index in [9.17, 15) is 0 Å². The molecule has 74 heavy (non-hydrogen) atoms. The molecule has 0 amide bonds. The fraction of sp³-hybridized carbons (Fsp3) is 0.111. The third-order valence-electron chi connectivity index (χ3n) is 15.5. The number of benzene rings is 12. The van der Waals surface area contributed by atoms with Crippen molar-refractivity contribution in [2.24, 2.45) is 0 Å². The highest BCUT2D eigenvalue weighted by molar-refractivity contribution is 6.27. The monoisotopic (exact) mass is 950 g/mol. The number of hydrogen-bond acceptors (Lipinski definition) is 1. The van der Waals surface area contributed by atoms with Crippen LogP contribution in [0.15, 0.2) is 243 Å². The molecule has 0 saturated heterocycles. The van der Waals surface area contributed by atoms with E-state index in [1.165, 1.54) is 110 Å². The summed E-state index contributed by atoms with van der Waals surface area (Å²) in [5.41, 5.74) is 19.2. The molecule has 0 aliphatic carbocycles. The third-order valence-corrected chi connectivity index (χ3v) is 15.5. The van der Waals surface area contributed by atoms with Crippen LogP contribution in [0, 0.1) is 0 Å². The topological polar surface area (TPSA) is 8.17 Å². The summed E-state index contributed by atoms with van der Waals surface area (Å²) in [6.45, 7) is 13.9. The normalized spacial score (nSPS) is 12.2. The van der Waals surface area contributed by atoms with Gasteiger partial charge in [0.15, 0.2) is 0 Å². The smallest absolute Gasteiger partial charge is 0.0541 e. The van der Waals surface area contributed by atoms with Crippen molar-refractivity contribution in [1.82, 2.24) is 4.57 Å². The molecule has 0 atom stereocenters. The molecule has 2 nitrogen and oxygen atoms in total. The second-order valence-electron chi connectivity index (χ2n) is 22.1. The van der Waals surface area contributed by atoms with Crippen LogP contribution < -0.4 is 4.90 Å². The Balaban J connectivity index is 1.05. The number of hydrogen-bond donors (Lipinski definition) is 0. The molecule has 2 heteroatoms. The van der Waals surface area contributed by atoms with E-state index in [-0.39, 0.29) is 10.8 Å². The summed E-state index contributed by atoms with van der Waals surface area (Å²) in [5, 5.41) is 10.0. The maximum Gasteiger partial charge on any atom is 0.0541 e. The number of nitrogens with zero attached hydrogens (tertiary/aromatic N) is 2. The molecule has 0 radical (unpaired) electrons. The van der Waals surface area contributed by atoms with Gasteiger partial charge in [-0.25, -0.2) is 0 Å². The Labute approximate surface area is 434 Å². The Bertz CT molecular complexity index is 4170. The fourth-order valence-corrected chi connectivity index (χ4v) is 11.7. The van der Waals surface area contributed by atoms with Crippen molar-refractivity contribution in [2.75, 3.05) is 4.90 Å². The summed E-state index contributed by atoms with van der Waals surface area (Å²) in [4.78, 5) is 2.50. The van der Waals surface area contributed by atoms with E-state index in [1.54, 1.807) is 0 Å². The van der Waals surface area contributed by atoms with Crippen LogP contribution in [0.2, 0.25) is 0 Å². The number of aromatic nitrogens is 1. The van der Waals surface area contributed by atoms with Crippen LogP contribution >= 0.6 is 0 Å². The maximum atomic E-state index is 2.53. The second-order valence-corrected chi connectivity index (χ2v) is 22.1. The van der Waals surface area contributed by atoms with Crippen molar-refractivity contribution in [3.8, 4) is 50.2 Å². The average molecular weight is 951 g/mol. The van der Waals surface area contributed by atoms with Crippen molar-refractivity contribution in [3.63, 3.8) is 0 Å². The SMILES string of the molecule is CC(C)(C)c1ccc2c(c1)c1cc(C(C)(C)C)ccc1n2-c1ccc2ccc3c(N(c4ccc(-c5ccccc5-c5ccccc5)cc4)c4ccccc4-c4ccccc4-c4ccccc4)ccc4ccc1c2c43. The zero-order chi connectivity index (χ0) is 50.3. The van der Waals surface area contributed by atoms with E-state index in [2.05, 4.69) is 294 Å². The molecule has 0 spiro atoms. The summed E-state index contributed by atoms with van der Waals surface area (Å²) in [6, 6.07) is 90.3. The predicted octanol–water partition coefficient (Wildman–Crippen LogP) is 20.4. The molecule has 356 valence electrons. The molecule has 1 aromatic heterocycles. The first-order valence-corrected chi connectivity index (χ1v) is 26.1. The fourth-order valence-electron chi connectivity index (χ4n) is 11.7. The highest BCUT2D eigenvalue weighted by Crippen LogP contribution is 2.49. The lowest BCUT2D eigenvalue weighted by molar-refractivity contribution is 0.590. The highest BCUT2D eigenvalue weighted by atomic mass is 15.1. The van der Waals surface area contributed by atoms with Gasteiger partial charge in [0.25, 0.3) is 0 Å². The summed E-state index contributed by atoms with van der Waals surface area (Å²) in [6.07, 6.45) is 0. The molecule has 0 bridgehead atoms. The Morgan fingerprint density at radius 2 is 0.743 bits per heavy atom. The minimum atomic E-state index is 0.0183. The minimum Gasteiger partial charge on any atom is -0.309 e. The lowest BCUT2D eigenvalue weighted by atomic mass is 9.85. The van der Waals surface area contributed by atoms with Crippen molar-refractivity contribution in [1.29, 1.82) is 0 Å². The standard InChI is InChI=1S/C72H58N2/c1-71(2,3)52-35-43-67-62(45-52)63-46-53(72(4,5)6)36-44-68(63)74(67)66-42-34-51-31-39-60-65(41-33-50-32-40-61(66)70(51)69(50)60)73(54-37-29-49(30-38-54)56-24-14-13-23-55(56)47-19-9-7-10-20-47)64-28-18-17-27-59(64)58-26-16-15-25-57(58)48-21-11-8-12-22-48/h7-46H,1-6H3. The molecule has 13 rings (SSSR count). The average Bonchev–Trinajstić information content (AvgIpc) is 3.77. The van der Waals surface area contributed by atoms with E-state index in [0.29, 0.717) is 0 Å². The minimum absolute atomic E-state index is 0.0183. The van der Waals surface area contributed by atoms with Gasteiger partial charge in [-0.05, 0) is 137 Å². The Kier molecular flexibility index (Phi) is 10.7. The van der Waals surface area contributed by atoms with Crippen LogP contribution in [0.5, 0.6) is 0 Å². The molecule has 0 saturated carbocycles. The number of rotatable bonds is 8. The number of para-hydroxylation sites is 1. The quantitative estimate of drug-likeness (QED) is 0.138. The Hall–Kier alpha value is -8.72.